The maximum atomic E-state index is 10.6. The number of aliphatic carboxylic acids is 1. The molecule has 0 bridgehead atoms. The zero-order chi connectivity index (χ0) is 14.4. The number of methoxy groups -OCH3 is 1. The van der Waals surface area contributed by atoms with Gasteiger partial charge in [-0.3, -0.25) is 4.79 Å². The first-order valence-corrected chi connectivity index (χ1v) is 7.48. The predicted molar refractivity (Wildman–Crippen MR) is 78.0 cm³/mol. The van der Waals surface area contributed by atoms with E-state index in [1.54, 1.807) is 18.9 Å². The second kappa shape index (κ2) is 7.40. The van der Waals surface area contributed by atoms with E-state index in [2.05, 4.69) is 13.0 Å². The third-order valence-electron chi connectivity index (χ3n) is 3.08. The van der Waals surface area contributed by atoms with Gasteiger partial charge >= 0.3 is 5.97 Å². The number of carboxylic acid groups (broad SMARTS) is 1. The fourth-order valence-electron chi connectivity index (χ4n) is 1.99. The largest absolute Gasteiger partial charge is 0.496 e. The van der Waals surface area contributed by atoms with Crippen LogP contribution >= 0.6 is 11.8 Å². The van der Waals surface area contributed by atoms with Gasteiger partial charge in [-0.25, -0.2) is 0 Å². The van der Waals surface area contributed by atoms with Gasteiger partial charge in [-0.05, 0) is 42.4 Å². The van der Waals surface area contributed by atoms with E-state index in [1.165, 1.54) is 0 Å². The van der Waals surface area contributed by atoms with Crippen molar-refractivity contribution >= 4 is 17.7 Å². The Morgan fingerprint density at radius 1 is 1.53 bits per heavy atom. The van der Waals surface area contributed by atoms with Gasteiger partial charge in [-0.1, -0.05) is 6.92 Å². The molecular formula is C14H21NO3S. The van der Waals surface area contributed by atoms with Crippen LogP contribution in [-0.4, -0.2) is 24.4 Å². The summed E-state index contributed by atoms with van der Waals surface area (Å²) < 4.78 is 5.37. The molecule has 0 aromatic heterocycles. The maximum Gasteiger partial charge on any atom is 0.303 e. The third kappa shape index (κ3) is 4.14. The lowest BCUT2D eigenvalue weighted by molar-refractivity contribution is -0.137. The summed E-state index contributed by atoms with van der Waals surface area (Å²) in [5.41, 5.74) is 8.20. The summed E-state index contributed by atoms with van der Waals surface area (Å²) in [5, 5.41) is 8.73. The minimum absolute atomic E-state index is 0.0762. The summed E-state index contributed by atoms with van der Waals surface area (Å²) in [6.07, 6.45) is 3.39. The lowest BCUT2D eigenvalue weighted by atomic mass is 9.99. The highest BCUT2D eigenvalue weighted by molar-refractivity contribution is 7.98. The lowest BCUT2D eigenvalue weighted by Crippen LogP contribution is -2.14. The Morgan fingerprint density at radius 3 is 2.68 bits per heavy atom. The highest BCUT2D eigenvalue weighted by Gasteiger charge is 2.16. The van der Waals surface area contributed by atoms with E-state index in [0.717, 1.165) is 28.2 Å². The molecule has 106 valence electrons. The molecule has 1 unspecified atom stereocenters. The molecule has 0 spiro atoms. The Balaban J connectivity index is 3.06. The number of thioether (sulfide) groups is 1. The summed E-state index contributed by atoms with van der Waals surface area (Å²) in [6, 6.07) is 3.75. The van der Waals surface area contributed by atoms with Crippen molar-refractivity contribution in [2.75, 3.05) is 13.4 Å². The van der Waals surface area contributed by atoms with Crippen molar-refractivity contribution in [2.24, 2.45) is 5.73 Å². The van der Waals surface area contributed by atoms with Gasteiger partial charge in [0, 0.05) is 17.4 Å². The molecule has 4 nitrogen and oxygen atoms in total. The molecule has 5 heteroatoms. The Kier molecular flexibility index (Phi) is 6.18. The monoisotopic (exact) mass is 283 g/mol. The minimum Gasteiger partial charge on any atom is -0.496 e. The number of hydrogen-bond acceptors (Lipinski definition) is 4. The molecule has 0 aliphatic carbocycles. The molecule has 1 rings (SSSR count). The number of benzene rings is 1. The zero-order valence-electron chi connectivity index (χ0n) is 11.6. The first kappa shape index (κ1) is 15.9. The van der Waals surface area contributed by atoms with E-state index in [0.29, 0.717) is 6.42 Å². The van der Waals surface area contributed by atoms with Crippen molar-refractivity contribution in [1.82, 2.24) is 0 Å². The number of rotatable bonds is 7. The number of ether oxygens (including phenoxy) is 1. The molecule has 0 saturated carbocycles. The van der Waals surface area contributed by atoms with E-state index in [1.807, 2.05) is 12.3 Å². The maximum absolute atomic E-state index is 10.6. The van der Waals surface area contributed by atoms with Gasteiger partial charge in [0.15, 0.2) is 0 Å². The first-order valence-electron chi connectivity index (χ1n) is 6.25. The van der Waals surface area contributed by atoms with E-state index < -0.39 is 5.97 Å². The fourth-order valence-corrected chi connectivity index (χ4v) is 2.69. The smallest absolute Gasteiger partial charge is 0.303 e. The summed E-state index contributed by atoms with van der Waals surface area (Å²) in [5.74, 6) is -0.000583. The lowest BCUT2D eigenvalue weighted by Gasteiger charge is -2.18. The summed E-state index contributed by atoms with van der Waals surface area (Å²) in [6.45, 7) is 2.08. The predicted octanol–water partition coefficient (Wildman–Crippen LogP) is 2.84. The molecule has 0 fully saturated rings. The number of hydrogen-bond donors (Lipinski definition) is 2. The van der Waals surface area contributed by atoms with Crippen LogP contribution in [0.3, 0.4) is 0 Å². The van der Waals surface area contributed by atoms with Gasteiger partial charge in [-0.15, -0.1) is 11.8 Å². The molecule has 0 saturated heterocycles. The average molecular weight is 283 g/mol. The van der Waals surface area contributed by atoms with Crippen molar-refractivity contribution in [1.29, 1.82) is 0 Å². The van der Waals surface area contributed by atoms with Crippen LogP contribution in [0.5, 0.6) is 5.75 Å². The van der Waals surface area contributed by atoms with Crippen LogP contribution < -0.4 is 10.5 Å². The highest BCUT2D eigenvalue weighted by Crippen LogP contribution is 2.33. The number of nitrogens with two attached hydrogens (primary N) is 1. The molecule has 0 radical (unpaired) electrons. The van der Waals surface area contributed by atoms with Crippen LogP contribution in [0.2, 0.25) is 0 Å². The van der Waals surface area contributed by atoms with E-state index >= 15 is 0 Å². The summed E-state index contributed by atoms with van der Waals surface area (Å²) in [7, 11) is 1.64. The molecule has 0 aliphatic heterocycles. The quantitative estimate of drug-likeness (QED) is 0.753. The Bertz CT molecular complexity index is 449. The molecule has 3 N–H and O–H groups in total. The molecule has 0 amide bonds. The Labute approximate surface area is 118 Å². The van der Waals surface area contributed by atoms with Crippen molar-refractivity contribution in [3.63, 3.8) is 0 Å². The van der Waals surface area contributed by atoms with Crippen LogP contribution in [0.1, 0.15) is 36.9 Å². The zero-order valence-corrected chi connectivity index (χ0v) is 12.4. The van der Waals surface area contributed by atoms with E-state index in [9.17, 15) is 4.79 Å². The van der Waals surface area contributed by atoms with Crippen LogP contribution in [0.25, 0.3) is 0 Å². The summed E-state index contributed by atoms with van der Waals surface area (Å²) in [4.78, 5) is 11.7. The molecule has 1 aromatic rings. The Hall–Kier alpha value is -1.20. The molecular weight excluding hydrogens is 262 g/mol. The molecule has 1 aromatic carbocycles. The van der Waals surface area contributed by atoms with Crippen LogP contribution in [0.15, 0.2) is 17.0 Å². The topological polar surface area (TPSA) is 72.6 Å². The average Bonchev–Trinajstić information content (AvgIpc) is 2.42. The number of aryl methyl sites for hydroxylation is 1. The number of carboxylic acids is 1. The molecule has 1 atom stereocenters. The van der Waals surface area contributed by atoms with Gasteiger partial charge < -0.3 is 15.6 Å². The van der Waals surface area contributed by atoms with Crippen LogP contribution in [0, 0.1) is 0 Å². The minimum atomic E-state index is -0.821. The molecule has 0 aliphatic rings. The van der Waals surface area contributed by atoms with Crippen molar-refractivity contribution in [2.45, 2.75) is 37.1 Å². The summed E-state index contributed by atoms with van der Waals surface area (Å²) >= 11 is 1.62. The van der Waals surface area contributed by atoms with Crippen LogP contribution in [-0.2, 0) is 11.2 Å². The third-order valence-corrected chi connectivity index (χ3v) is 3.88. The SMILES string of the molecule is CCc1cc(SC)c(C(N)CCC(=O)O)cc1OC. The van der Waals surface area contributed by atoms with Gasteiger partial charge in [0.1, 0.15) is 5.75 Å². The van der Waals surface area contributed by atoms with Gasteiger partial charge in [0.05, 0.1) is 7.11 Å². The van der Waals surface area contributed by atoms with Crippen LogP contribution in [0.4, 0.5) is 0 Å². The number of carbonyl (C=O) groups is 1. The van der Waals surface area contributed by atoms with Gasteiger partial charge in [0.25, 0.3) is 0 Å². The highest BCUT2D eigenvalue weighted by atomic mass is 32.2. The fraction of sp³-hybridized carbons (Fsp3) is 0.500. The first-order chi connectivity index (χ1) is 9.03. The second-order valence-corrected chi connectivity index (χ2v) is 5.15. The second-order valence-electron chi connectivity index (χ2n) is 4.30. The van der Waals surface area contributed by atoms with E-state index in [-0.39, 0.29) is 12.5 Å². The van der Waals surface area contributed by atoms with Crippen molar-refractivity contribution in [3.05, 3.63) is 23.3 Å². The van der Waals surface area contributed by atoms with Crippen molar-refractivity contribution in [3.8, 4) is 5.75 Å². The molecule has 0 heterocycles. The molecule has 19 heavy (non-hydrogen) atoms. The normalized spacial score (nSPS) is 12.2. The Morgan fingerprint density at radius 2 is 2.21 bits per heavy atom. The van der Waals surface area contributed by atoms with Crippen molar-refractivity contribution < 1.29 is 14.6 Å². The van der Waals surface area contributed by atoms with Gasteiger partial charge in [0.2, 0.25) is 0 Å². The van der Waals surface area contributed by atoms with Gasteiger partial charge in [-0.2, -0.15) is 0 Å². The van der Waals surface area contributed by atoms with E-state index in [4.69, 9.17) is 15.6 Å². The standard InChI is InChI=1S/C14H21NO3S/c1-4-9-7-13(19-3)10(8-12(9)18-2)11(15)5-6-14(16)17/h7-8,11H,4-6,15H2,1-3H3,(H,16,17).